The molecule has 17 heavy (non-hydrogen) atoms. The highest BCUT2D eigenvalue weighted by molar-refractivity contribution is 5.61. The SMILES string of the molecule is CCCOc1cc(NC(C)CCC)ccc1N. The Balaban J connectivity index is 2.67. The summed E-state index contributed by atoms with van der Waals surface area (Å²) in [6.07, 6.45) is 3.33. The van der Waals surface area contributed by atoms with Crippen LogP contribution in [0.2, 0.25) is 0 Å². The van der Waals surface area contributed by atoms with Crippen LogP contribution in [-0.4, -0.2) is 12.6 Å². The molecule has 1 rings (SSSR count). The predicted molar refractivity (Wildman–Crippen MR) is 74.6 cm³/mol. The van der Waals surface area contributed by atoms with E-state index in [0.717, 1.165) is 24.3 Å². The molecule has 0 heterocycles. The number of nitrogens with two attached hydrogens (primary N) is 1. The molecule has 1 aromatic rings. The summed E-state index contributed by atoms with van der Waals surface area (Å²) in [5, 5.41) is 3.45. The van der Waals surface area contributed by atoms with Gasteiger partial charge in [-0.25, -0.2) is 0 Å². The Morgan fingerprint density at radius 1 is 1.29 bits per heavy atom. The van der Waals surface area contributed by atoms with Gasteiger partial charge in [-0.15, -0.1) is 0 Å². The van der Waals surface area contributed by atoms with Gasteiger partial charge < -0.3 is 15.8 Å². The normalized spacial score (nSPS) is 12.2. The van der Waals surface area contributed by atoms with Gasteiger partial charge in [-0.2, -0.15) is 0 Å². The smallest absolute Gasteiger partial charge is 0.144 e. The molecule has 0 bridgehead atoms. The molecule has 3 heteroatoms. The average molecular weight is 236 g/mol. The van der Waals surface area contributed by atoms with Crippen LogP contribution in [-0.2, 0) is 0 Å². The quantitative estimate of drug-likeness (QED) is 0.710. The molecule has 3 nitrogen and oxygen atoms in total. The van der Waals surface area contributed by atoms with Gasteiger partial charge in [0.05, 0.1) is 12.3 Å². The molecular formula is C14H24N2O. The highest BCUT2D eigenvalue weighted by Gasteiger charge is 2.04. The topological polar surface area (TPSA) is 47.3 Å². The van der Waals surface area contributed by atoms with Crippen LogP contribution in [0.25, 0.3) is 0 Å². The summed E-state index contributed by atoms with van der Waals surface area (Å²) in [5.74, 6) is 0.778. The molecule has 0 saturated heterocycles. The van der Waals surface area contributed by atoms with Crippen LogP contribution < -0.4 is 15.8 Å². The molecule has 3 N–H and O–H groups in total. The standard InChI is InChI=1S/C14H24N2O/c1-4-6-11(3)16-12-7-8-13(15)14(10-12)17-9-5-2/h7-8,10-11,16H,4-6,9,15H2,1-3H3. The minimum Gasteiger partial charge on any atom is -0.491 e. The largest absolute Gasteiger partial charge is 0.491 e. The van der Waals surface area contributed by atoms with E-state index in [1.54, 1.807) is 0 Å². The predicted octanol–water partition coefficient (Wildman–Crippen LogP) is 3.66. The second kappa shape index (κ2) is 7.05. The summed E-state index contributed by atoms with van der Waals surface area (Å²) in [4.78, 5) is 0. The summed E-state index contributed by atoms with van der Waals surface area (Å²) in [7, 11) is 0. The molecule has 0 aliphatic heterocycles. The first kappa shape index (κ1) is 13.7. The fraction of sp³-hybridized carbons (Fsp3) is 0.571. The number of nitrogens with one attached hydrogen (secondary N) is 1. The number of benzene rings is 1. The summed E-state index contributed by atoms with van der Waals surface area (Å²) in [6.45, 7) is 7.17. The van der Waals surface area contributed by atoms with Gasteiger partial charge in [0, 0.05) is 17.8 Å². The Morgan fingerprint density at radius 3 is 2.71 bits per heavy atom. The lowest BCUT2D eigenvalue weighted by molar-refractivity contribution is 0.319. The number of nitrogen functional groups attached to an aromatic ring is 1. The Bertz CT molecular complexity index is 339. The van der Waals surface area contributed by atoms with Crippen molar-refractivity contribution in [2.24, 2.45) is 0 Å². The summed E-state index contributed by atoms with van der Waals surface area (Å²) < 4.78 is 5.60. The Labute approximate surface area is 104 Å². The van der Waals surface area contributed by atoms with E-state index in [4.69, 9.17) is 10.5 Å². The third-order valence-electron chi connectivity index (χ3n) is 2.61. The van der Waals surface area contributed by atoms with Crippen LogP contribution in [0.15, 0.2) is 18.2 Å². The van der Waals surface area contributed by atoms with E-state index < -0.39 is 0 Å². The van der Waals surface area contributed by atoms with Crippen LogP contribution in [0.1, 0.15) is 40.0 Å². The molecule has 1 aromatic carbocycles. The van der Waals surface area contributed by atoms with E-state index >= 15 is 0 Å². The van der Waals surface area contributed by atoms with Crippen LogP contribution in [0, 0.1) is 0 Å². The maximum Gasteiger partial charge on any atom is 0.144 e. The van der Waals surface area contributed by atoms with Gasteiger partial charge in [-0.3, -0.25) is 0 Å². The van der Waals surface area contributed by atoms with E-state index in [9.17, 15) is 0 Å². The first-order valence-electron chi connectivity index (χ1n) is 6.46. The van der Waals surface area contributed by atoms with Crippen LogP contribution in [0.5, 0.6) is 5.75 Å². The molecular weight excluding hydrogens is 212 g/mol. The van der Waals surface area contributed by atoms with E-state index in [-0.39, 0.29) is 0 Å². The van der Waals surface area contributed by atoms with Crippen molar-refractivity contribution in [1.29, 1.82) is 0 Å². The van der Waals surface area contributed by atoms with Crippen molar-refractivity contribution >= 4 is 11.4 Å². The lowest BCUT2D eigenvalue weighted by Crippen LogP contribution is -2.14. The van der Waals surface area contributed by atoms with Crippen LogP contribution >= 0.6 is 0 Å². The van der Waals surface area contributed by atoms with Crippen molar-refractivity contribution in [1.82, 2.24) is 0 Å². The molecule has 0 aliphatic carbocycles. The Morgan fingerprint density at radius 2 is 2.06 bits per heavy atom. The molecule has 0 aliphatic rings. The third-order valence-corrected chi connectivity index (χ3v) is 2.61. The van der Waals surface area contributed by atoms with Crippen molar-refractivity contribution < 1.29 is 4.74 Å². The van der Waals surface area contributed by atoms with E-state index in [1.165, 1.54) is 6.42 Å². The van der Waals surface area contributed by atoms with Crippen LogP contribution in [0.3, 0.4) is 0 Å². The number of rotatable bonds is 7. The zero-order valence-corrected chi connectivity index (χ0v) is 11.1. The summed E-state index contributed by atoms with van der Waals surface area (Å²) in [5.41, 5.74) is 7.64. The number of hydrogen-bond donors (Lipinski definition) is 2. The maximum atomic E-state index is 5.87. The Hall–Kier alpha value is -1.38. The zero-order chi connectivity index (χ0) is 12.7. The highest BCUT2D eigenvalue weighted by atomic mass is 16.5. The lowest BCUT2D eigenvalue weighted by Gasteiger charge is -2.16. The number of hydrogen-bond acceptors (Lipinski definition) is 3. The second-order valence-corrected chi connectivity index (χ2v) is 4.44. The van der Waals surface area contributed by atoms with Gasteiger partial charge in [0.25, 0.3) is 0 Å². The lowest BCUT2D eigenvalue weighted by atomic mass is 10.2. The Kier molecular flexibility index (Phi) is 5.67. The minimum atomic E-state index is 0.475. The molecule has 0 radical (unpaired) electrons. The summed E-state index contributed by atoms with van der Waals surface area (Å²) >= 11 is 0. The van der Waals surface area contributed by atoms with Crippen molar-refractivity contribution in [3.8, 4) is 5.75 Å². The molecule has 1 atom stereocenters. The van der Waals surface area contributed by atoms with Gasteiger partial charge in [0.1, 0.15) is 5.75 Å². The van der Waals surface area contributed by atoms with Crippen molar-refractivity contribution in [3.63, 3.8) is 0 Å². The fourth-order valence-corrected chi connectivity index (χ4v) is 1.75. The zero-order valence-electron chi connectivity index (χ0n) is 11.1. The molecule has 0 spiro atoms. The van der Waals surface area contributed by atoms with Crippen molar-refractivity contribution in [3.05, 3.63) is 18.2 Å². The highest BCUT2D eigenvalue weighted by Crippen LogP contribution is 2.26. The molecule has 96 valence electrons. The van der Waals surface area contributed by atoms with E-state index in [0.29, 0.717) is 18.3 Å². The van der Waals surface area contributed by atoms with Gasteiger partial charge in [0.15, 0.2) is 0 Å². The average Bonchev–Trinajstić information content (AvgIpc) is 2.30. The second-order valence-electron chi connectivity index (χ2n) is 4.44. The van der Waals surface area contributed by atoms with Gasteiger partial charge in [-0.05, 0) is 31.9 Å². The fourth-order valence-electron chi connectivity index (χ4n) is 1.75. The monoisotopic (exact) mass is 236 g/mol. The van der Waals surface area contributed by atoms with Gasteiger partial charge in [-0.1, -0.05) is 20.3 Å². The van der Waals surface area contributed by atoms with Crippen molar-refractivity contribution in [2.45, 2.75) is 46.1 Å². The first-order chi connectivity index (χ1) is 8.17. The van der Waals surface area contributed by atoms with Gasteiger partial charge in [0.2, 0.25) is 0 Å². The molecule has 0 fully saturated rings. The molecule has 0 saturated carbocycles. The number of ether oxygens (including phenoxy) is 1. The molecule has 0 aromatic heterocycles. The van der Waals surface area contributed by atoms with E-state index in [2.05, 4.69) is 26.1 Å². The van der Waals surface area contributed by atoms with Gasteiger partial charge >= 0.3 is 0 Å². The molecule has 0 amide bonds. The van der Waals surface area contributed by atoms with E-state index in [1.807, 2.05) is 18.2 Å². The molecule has 1 unspecified atom stereocenters. The third kappa shape index (κ3) is 4.55. The minimum absolute atomic E-state index is 0.475. The van der Waals surface area contributed by atoms with Crippen LogP contribution in [0.4, 0.5) is 11.4 Å². The maximum absolute atomic E-state index is 5.87. The van der Waals surface area contributed by atoms with Crippen molar-refractivity contribution in [2.75, 3.05) is 17.7 Å². The number of anilines is 2. The summed E-state index contributed by atoms with van der Waals surface area (Å²) in [6, 6.07) is 6.35. The first-order valence-corrected chi connectivity index (χ1v) is 6.46.